The van der Waals surface area contributed by atoms with Gasteiger partial charge < -0.3 is 0 Å². The number of hydrogen-bond acceptors (Lipinski definition) is 0. The van der Waals surface area contributed by atoms with Crippen molar-refractivity contribution >= 4 is 29.1 Å². The summed E-state index contributed by atoms with van der Waals surface area (Å²) >= 11 is -2.98. The van der Waals surface area contributed by atoms with Gasteiger partial charge in [-0.05, 0) is 0 Å². The summed E-state index contributed by atoms with van der Waals surface area (Å²) in [4.78, 5) is 0. The second-order valence-corrected chi connectivity index (χ2v) is 17.4. The molecule has 0 aliphatic rings. The molecule has 0 bridgehead atoms. The molecule has 0 heterocycles. The minimum absolute atomic E-state index is 1.06. The van der Waals surface area contributed by atoms with Gasteiger partial charge in [0.1, 0.15) is 0 Å². The van der Waals surface area contributed by atoms with Gasteiger partial charge in [0.05, 0.1) is 0 Å². The molecule has 0 spiro atoms. The summed E-state index contributed by atoms with van der Waals surface area (Å²) in [5.41, 5.74) is 0. The maximum absolute atomic E-state index is 3.98. The Labute approximate surface area is 143 Å². The van der Waals surface area contributed by atoms with Crippen LogP contribution in [-0.2, 0) is 0 Å². The van der Waals surface area contributed by atoms with Crippen molar-refractivity contribution in [2.24, 2.45) is 0 Å². The van der Waals surface area contributed by atoms with E-state index in [9.17, 15) is 0 Å². The van der Waals surface area contributed by atoms with Gasteiger partial charge in [-0.15, -0.1) is 0 Å². The van der Waals surface area contributed by atoms with Crippen LogP contribution in [0.15, 0.2) is 104 Å². The Kier molecular flexibility index (Phi) is 5.34. The molecule has 0 saturated carbocycles. The van der Waals surface area contributed by atoms with E-state index < -0.39 is 18.4 Å². The fourth-order valence-corrected chi connectivity index (χ4v) is 17.1. The van der Waals surface area contributed by atoms with Gasteiger partial charge in [0.25, 0.3) is 0 Å². The summed E-state index contributed by atoms with van der Waals surface area (Å²) in [5, 5.41) is 0. The van der Waals surface area contributed by atoms with Crippen LogP contribution in [0.2, 0.25) is 4.44 Å². The normalized spacial score (nSPS) is 11.1. The molecule has 0 N–H and O–H groups in total. The third-order valence-electron chi connectivity index (χ3n) is 4.52. The third kappa shape index (κ3) is 3.27. The van der Waals surface area contributed by atoms with E-state index in [0.29, 0.717) is 0 Å². The minimum atomic E-state index is -2.98. The standard InChI is InChI=1S/3C6H5.C4H7.Sn/c3*1-2-4-6-5-3-1;1-3-4-2;/h3*1-5H;3H,1-2,4H2;. The molecular weight excluding hydrogens is 383 g/mol. The molecule has 3 aromatic rings. The third-order valence-corrected chi connectivity index (χ3v) is 18.8. The van der Waals surface area contributed by atoms with Crippen LogP contribution < -0.4 is 10.7 Å². The fraction of sp³-hybridized carbons (Fsp3) is 0.0909. The van der Waals surface area contributed by atoms with E-state index in [1.54, 1.807) is 10.7 Å². The Morgan fingerprint density at radius 3 is 1.26 bits per heavy atom. The van der Waals surface area contributed by atoms with Gasteiger partial charge in [0.2, 0.25) is 0 Å². The Morgan fingerprint density at radius 2 is 0.957 bits per heavy atom. The van der Waals surface area contributed by atoms with Gasteiger partial charge in [-0.3, -0.25) is 0 Å². The average Bonchev–Trinajstić information content (AvgIpc) is 2.65. The van der Waals surface area contributed by atoms with Gasteiger partial charge in [-0.25, -0.2) is 0 Å². The zero-order valence-corrected chi connectivity index (χ0v) is 16.2. The van der Waals surface area contributed by atoms with Crippen molar-refractivity contribution in [3.05, 3.63) is 104 Å². The van der Waals surface area contributed by atoms with Crippen LogP contribution in [-0.4, -0.2) is 18.4 Å². The maximum atomic E-state index is 3.98. The van der Waals surface area contributed by atoms with Crippen molar-refractivity contribution < 1.29 is 0 Å². The molecule has 0 saturated heterocycles. The fourth-order valence-electron chi connectivity index (χ4n) is 3.42. The molecule has 3 aromatic carbocycles. The van der Waals surface area contributed by atoms with Gasteiger partial charge >= 0.3 is 144 Å². The van der Waals surface area contributed by atoms with Crippen molar-refractivity contribution in [2.45, 2.75) is 10.9 Å². The summed E-state index contributed by atoms with van der Waals surface area (Å²) in [5.74, 6) is 0. The van der Waals surface area contributed by atoms with E-state index in [-0.39, 0.29) is 0 Å². The summed E-state index contributed by atoms with van der Waals surface area (Å²) < 4.78 is 5.85. The van der Waals surface area contributed by atoms with Crippen LogP contribution in [0, 0.1) is 0 Å². The summed E-state index contributed by atoms with van der Waals surface area (Å²) in [6, 6.07) is 33.4. The first kappa shape index (κ1) is 16.1. The van der Waals surface area contributed by atoms with Crippen LogP contribution >= 0.6 is 0 Å². The molecule has 0 unspecified atom stereocenters. The van der Waals surface area contributed by atoms with Crippen molar-refractivity contribution in [1.82, 2.24) is 0 Å². The summed E-state index contributed by atoms with van der Waals surface area (Å²) in [7, 11) is 0. The van der Waals surface area contributed by atoms with Gasteiger partial charge in [-0.2, -0.15) is 0 Å². The van der Waals surface area contributed by atoms with Gasteiger partial charge in [-0.1, -0.05) is 0 Å². The van der Waals surface area contributed by atoms with Crippen LogP contribution in [0.1, 0.15) is 6.42 Å². The Morgan fingerprint density at radius 1 is 0.609 bits per heavy atom. The predicted molar refractivity (Wildman–Crippen MR) is 104 cm³/mol. The molecule has 0 fully saturated rings. The first-order valence-electron chi connectivity index (χ1n) is 8.15. The SMILES string of the molecule is C=CC[CH2][Sn]([c]1ccccc1)([c]1ccccc1)[c]1ccccc1. The van der Waals surface area contributed by atoms with E-state index >= 15 is 0 Å². The van der Waals surface area contributed by atoms with E-state index in [4.69, 9.17) is 0 Å². The van der Waals surface area contributed by atoms with E-state index in [1.165, 1.54) is 4.44 Å². The molecular formula is C22H22Sn. The second-order valence-electron chi connectivity index (χ2n) is 5.83. The predicted octanol–water partition coefficient (Wildman–Crippen LogP) is 3.73. The van der Waals surface area contributed by atoms with Crippen molar-refractivity contribution in [1.29, 1.82) is 0 Å². The van der Waals surface area contributed by atoms with Gasteiger partial charge in [0, 0.05) is 0 Å². The van der Waals surface area contributed by atoms with E-state index in [2.05, 4.69) is 104 Å². The number of rotatable bonds is 6. The van der Waals surface area contributed by atoms with Crippen LogP contribution in [0.25, 0.3) is 0 Å². The second kappa shape index (κ2) is 7.65. The number of benzene rings is 3. The van der Waals surface area contributed by atoms with Crippen LogP contribution in [0.5, 0.6) is 0 Å². The molecule has 0 aliphatic carbocycles. The number of allylic oxidation sites excluding steroid dienone is 1. The molecule has 1 heteroatoms. The molecule has 0 aromatic heterocycles. The molecule has 114 valence electrons. The molecule has 0 atom stereocenters. The molecule has 0 aliphatic heterocycles. The molecule has 3 rings (SSSR count). The van der Waals surface area contributed by atoms with Crippen molar-refractivity contribution in [3.8, 4) is 0 Å². The quantitative estimate of drug-likeness (QED) is 0.433. The molecule has 23 heavy (non-hydrogen) atoms. The van der Waals surface area contributed by atoms with Crippen LogP contribution in [0.4, 0.5) is 0 Å². The summed E-state index contributed by atoms with van der Waals surface area (Å²) in [6.07, 6.45) is 3.13. The molecule has 0 radical (unpaired) electrons. The first-order valence-corrected chi connectivity index (χ1v) is 14.5. The Balaban J connectivity index is 2.27. The molecule has 0 nitrogen and oxygen atoms in total. The van der Waals surface area contributed by atoms with Gasteiger partial charge in [0.15, 0.2) is 0 Å². The zero-order valence-electron chi connectivity index (χ0n) is 13.4. The van der Waals surface area contributed by atoms with Crippen molar-refractivity contribution in [3.63, 3.8) is 0 Å². The number of hydrogen-bond donors (Lipinski definition) is 0. The molecule has 0 amide bonds. The monoisotopic (exact) mass is 406 g/mol. The average molecular weight is 405 g/mol. The van der Waals surface area contributed by atoms with Crippen LogP contribution in [0.3, 0.4) is 0 Å². The van der Waals surface area contributed by atoms with Crippen molar-refractivity contribution in [2.75, 3.05) is 0 Å². The van der Waals surface area contributed by atoms with E-state index in [0.717, 1.165) is 6.42 Å². The zero-order chi connectivity index (χ0) is 16.0. The Bertz CT molecular complexity index is 636. The van der Waals surface area contributed by atoms with E-state index in [1.807, 2.05) is 0 Å². The summed E-state index contributed by atoms with van der Waals surface area (Å²) in [6.45, 7) is 3.98. The first-order chi connectivity index (χ1) is 11.4. The topological polar surface area (TPSA) is 0 Å². The Hall–Kier alpha value is -1.80.